The third-order valence-corrected chi connectivity index (χ3v) is 4.29. The highest BCUT2D eigenvalue weighted by atomic mass is 79.9. The van der Waals surface area contributed by atoms with E-state index in [-0.39, 0.29) is 17.6 Å². The van der Waals surface area contributed by atoms with E-state index in [0.717, 1.165) is 19.3 Å². The number of hydrogen-bond acceptors (Lipinski definition) is 4. The van der Waals surface area contributed by atoms with Gasteiger partial charge in [-0.1, -0.05) is 0 Å². The summed E-state index contributed by atoms with van der Waals surface area (Å²) in [5.41, 5.74) is 0.709. The first kappa shape index (κ1) is 13.5. The maximum absolute atomic E-state index is 12.3. The highest BCUT2D eigenvalue weighted by Gasteiger charge is 2.36. The molecule has 106 valence electrons. The highest BCUT2D eigenvalue weighted by molar-refractivity contribution is 9.10. The van der Waals surface area contributed by atoms with Crippen molar-refractivity contribution in [2.24, 2.45) is 0 Å². The number of nitrogens with zero attached hydrogens (tertiary/aromatic N) is 2. The molecule has 3 rings (SSSR count). The van der Waals surface area contributed by atoms with Crippen LogP contribution >= 0.6 is 15.9 Å². The Bertz CT molecular complexity index is 574. The molecule has 0 aromatic heterocycles. The van der Waals surface area contributed by atoms with Gasteiger partial charge >= 0.3 is 0 Å². The summed E-state index contributed by atoms with van der Waals surface area (Å²) in [5.74, 6) is 0.0476. The molecule has 1 unspecified atom stereocenters. The van der Waals surface area contributed by atoms with Gasteiger partial charge in [0.2, 0.25) is 5.91 Å². The average Bonchev–Trinajstić information content (AvgIpc) is 3.15. The van der Waals surface area contributed by atoms with Crippen molar-refractivity contribution in [1.82, 2.24) is 5.32 Å². The molecule has 1 aliphatic heterocycles. The number of nitrogens with one attached hydrogen (secondary N) is 1. The van der Waals surface area contributed by atoms with Crippen molar-refractivity contribution in [1.29, 1.82) is 0 Å². The Morgan fingerprint density at radius 3 is 2.70 bits per heavy atom. The van der Waals surface area contributed by atoms with Crippen LogP contribution in [-0.2, 0) is 4.79 Å². The average molecular weight is 340 g/mol. The van der Waals surface area contributed by atoms with Crippen LogP contribution in [0.1, 0.15) is 19.3 Å². The van der Waals surface area contributed by atoms with Crippen molar-refractivity contribution in [2.75, 3.05) is 11.4 Å². The number of carbonyl (C=O) groups excluding carboxylic acids is 1. The molecule has 7 heteroatoms. The third-order valence-electron chi connectivity index (χ3n) is 3.65. The summed E-state index contributed by atoms with van der Waals surface area (Å²) >= 11 is 3.32. The second-order valence-electron chi connectivity index (χ2n) is 5.16. The summed E-state index contributed by atoms with van der Waals surface area (Å²) in [5, 5.41) is 14.1. The minimum atomic E-state index is -0.447. The predicted molar refractivity (Wildman–Crippen MR) is 77.7 cm³/mol. The molecular formula is C13H14BrN3O3. The molecular weight excluding hydrogens is 326 g/mol. The summed E-state index contributed by atoms with van der Waals surface area (Å²) < 4.78 is 0.576. The summed E-state index contributed by atoms with van der Waals surface area (Å²) in [4.78, 5) is 24.3. The number of non-ortho nitro benzene ring substituents is 1. The summed E-state index contributed by atoms with van der Waals surface area (Å²) in [6.45, 7) is 0.639. The maximum Gasteiger partial charge on any atom is 0.270 e. The number of hydrogen-bond donors (Lipinski definition) is 1. The number of nitro groups is 1. The fraction of sp³-hybridized carbons (Fsp3) is 0.462. The van der Waals surface area contributed by atoms with E-state index in [0.29, 0.717) is 22.7 Å². The first-order valence-corrected chi connectivity index (χ1v) is 7.37. The molecule has 6 nitrogen and oxygen atoms in total. The quantitative estimate of drug-likeness (QED) is 0.674. The molecule has 0 bridgehead atoms. The molecule has 2 aliphatic rings. The molecule has 1 saturated heterocycles. The predicted octanol–water partition coefficient (Wildman–Crippen LogP) is 2.21. The van der Waals surface area contributed by atoms with Gasteiger partial charge in [-0.25, -0.2) is 0 Å². The third kappa shape index (κ3) is 2.55. The van der Waals surface area contributed by atoms with Crippen LogP contribution in [-0.4, -0.2) is 29.5 Å². The van der Waals surface area contributed by atoms with E-state index in [1.165, 1.54) is 12.1 Å². The normalized spacial score (nSPS) is 22.4. The molecule has 1 amide bonds. The van der Waals surface area contributed by atoms with E-state index in [2.05, 4.69) is 21.2 Å². The van der Waals surface area contributed by atoms with Gasteiger partial charge < -0.3 is 10.2 Å². The van der Waals surface area contributed by atoms with E-state index in [1.54, 1.807) is 11.0 Å². The van der Waals surface area contributed by atoms with Crippen molar-refractivity contribution >= 4 is 33.2 Å². The van der Waals surface area contributed by atoms with Gasteiger partial charge in [0, 0.05) is 29.2 Å². The second-order valence-corrected chi connectivity index (χ2v) is 6.02. The van der Waals surface area contributed by atoms with Crippen molar-refractivity contribution in [3.63, 3.8) is 0 Å². The molecule has 0 radical (unpaired) electrons. The summed E-state index contributed by atoms with van der Waals surface area (Å²) in [7, 11) is 0. The zero-order chi connectivity index (χ0) is 14.3. The Morgan fingerprint density at radius 2 is 2.10 bits per heavy atom. The second kappa shape index (κ2) is 5.14. The molecule has 1 saturated carbocycles. The van der Waals surface area contributed by atoms with Crippen LogP contribution in [0.25, 0.3) is 0 Å². The molecule has 1 aromatic rings. The standard InChI is InChI=1S/C13H14BrN3O3/c14-10-7-9(17(19)20)3-4-12(10)16-6-5-11(13(16)18)15-8-1-2-8/h3-4,7-8,11,15H,1-2,5-6H2. The topological polar surface area (TPSA) is 75.5 Å². The number of anilines is 1. The van der Waals surface area contributed by atoms with Crippen LogP contribution in [0.4, 0.5) is 11.4 Å². The van der Waals surface area contributed by atoms with E-state index in [1.807, 2.05) is 0 Å². The molecule has 1 atom stereocenters. The van der Waals surface area contributed by atoms with Gasteiger partial charge in [-0.2, -0.15) is 0 Å². The molecule has 0 spiro atoms. The molecule has 1 aromatic carbocycles. The fourth-order valence-corrected chi connectivity index (χ4v) is 3.02. The van der Waals surface area contributed by atoms with Crippen LogP contribution in [0.3, 0.4) is 0 Å². The Kier molecular flexibility index (Phi) is 3.47. The number of rotatable bonds is 4. The first-order valence-electron chi connectivity index (χ1n) is 6.57. The van der Waals surface area contributed by atoms with Crippen molar-refractivity contribution in [3.05, 3.63) is 32.8 Å². The Balaban J connectivity index is 1.79. The molecule has 20 heavy (non-hydrogen) atoms. The van der Waals surface area contributed by atoms with Gasteiger partial charge in [0.25, 0.3) is 5.69 Å². The highest BCUT2D eigenvalue weighted by Crippen LogP contribution is 2.33. The molecule has 2 fully saturated rings. The minimum absolute atomic E-state index is 0.0138. The van der Waals surface area contributed by atoms with Crippen molar-refractivity contribution < 1.29 is 9.72 Å². The summed E-state index contributed by atoms with van der Waals surface area (Å²) in [6, 6.07) is 4.85. The Morgan fingerprint density at radius 1 is 1.35 bits per heavy atom. The number of nitro benzene ring substituents is 1. The Hall–Kier alpha value is -1.47. The van der Waals surface area contributed by atoms with Crippen LogP contribution in [0.15, 0.2) is 22.7 Å². The van der Waals surface area contributed by atoms with Crippen LogP contribution in [0, 0.1) is 10.1 Å². The lowest BCUT2D eigenvalue weighted by Crippen LogP contribution is -2.39. The minimum Gasteiger partial charge on any atom is -0.310 e. The van der Waals surface area contributed by atoms with Crippen molar-refractivity contribution in [3.8, 4) is 0 Å². The van der Waals surface area contributed by atoms with Gasteiger partial charge in [-0.15, -0.1) is 0 Å². The Labute approximate surface area is 124 Å². The van der Waals surface area contributed by atoms with E-state index < -0.39 is 4.92 Å². The van der Waals surface area contributed by atoms with Gasteiger partial charge in [-0.05, 0) is 41.3 Å². The maximum atomic E-state index is 12.3. The fourth-order valence-electron chi connectivity index (χ4n) is 2.44. The zero-order valence-corrected chi connectivity index (χ0v) is 12.3. The van der Waals surface area contributed by atoms with Gasteiger partial charge in [-0.3, -0.25) is 14.9 Å². The SMILES string of the molecule is O=C1C(NC2CC2)CCN1c1ccc([N+](=O)[O-])cc1Br. The van der Waals surface area contributed by atoms with E-state index in [9.17, 15) is 14.9 Å². The molecule has 1 aliphatic carbocycles. The summed E-state index contributed by atoms with van der Waals surface area (Å²) in [6.07, 6.45) is 3.06. The number of benzene rings is 1. The first-order chi connectivity index (χ1) is 9.56. The van der Waals surface area contributed by atoms with Gasteiger partial charge in [0.05, 0.1) is 16.7 Å². The van der Waals surface area contributed by atoms with E-state index in [4.69, 9.17) is 0 Å². The molecule has 1 N–H and O–H groups in total. The van der Waals surface area contributed by atoms with Crippen LogP contribution in [0.2, 0.25) is 0 Å². The zero-order valence-electron chi connectivity index (χ0n) is 10.7. The lowest BCUT2D eigenvalue weighted by molar-refractivity contribution is -0.384. The lowest BCUT2D eigenvalue weighted by atomic mass is 10.2. The van der Waals surface area contributed by atoms with Crippen LogP contribution in [0.5, 0.6) is 0 Å². The monoisotopic (exact) mass is 339 g/mol. The van der Waals surface area contributed by atoms with E-state index >= 15 is 0 Å². The number of carbonyl (C=O) groups is 1. The van der Waals surface area contributed by atoms with Crippen molar-refractivity contribution in [2.45, 2.75) is 31.3 Å². The smallest absolute Gasteiger partial charge is 0.270 e. The van der Waals surface area contributed by atoms with Gasteiger partial charge in [0.15, 0.2) is 0 Å². The largest absolute Gasteiger partial charge is 0.310 e. The van der Waals surface area contributed by atoms with Gasteiger partial charge in [0.1, 0.15) is 0 Å². The molecule has 1 heterocycles. The lowest BCUT2D eigenvalue weighted by Gasteiger charge is -2.18. The number of amides is 1. The number of halogens is 1. The van der Waals surface area contributed by atoms with Crippen LogP contribution < -0.4 is 10.2 Å².